The number of carbonyl (C=O) groups excluding carboxylic acids is 1. The molecule has 100 valence electrons. The van der Waals surface area contributed by atoms with Crippen LogP contribution < -0.4 is 5.32 Å². The van der Waals surface area contributed by atoms with Gasteiger partial charge in [0.05, 0.1) is 19.1 Å². The van der Waals surface area contributed by atoms with E-state index in [0.717, 1.165) is 32.2 Å². The van der Waals surface area contributed by atoms with Crippen molar-refractivity contribution in [2.75, 3.05) is 13.2 Å². The lowest BCUT2D eigenvalue weighted by atomic mass is 9.87. The SMILES string of the molecule is CCOC(=O)CC(C)NCC1CCC(O)CC1. The summed E-state index contributed by atoms with van der Waals surface area (Å²) in [6.45, 7) is 5.22. The molecule has 0 radical (unpaired) electrons. The summed E-state index contributed by atoms with van der Waals surface area (Å²) in [7, 11) is 0. The minimum atomic E-state index is -0.133. The summed E-state index contributed by atoms with van der Waals surface area (Å²) in [5.41, 5.74) is 0. The predicted octanol–water partition coefficient (Wildman–Crippen LogP) is 1.47. The molecule has 1 atom stereocenters. The van der Waals surface area contributed by atoms with E-state index in [1.807, 2.05) is 13.8 Å². The van der Waals surface area contributed by atoms with Crippen LogP contribution in [0.25, 0.3) is 0 Å². The minimum Gasteiger partial charge on any atom is -0.466 e. The van der Waals surface area contributed by atoms with E-state index in [1.165, 1.54) is 0 Å². The summed E-state index contributed by atoms with van der Waals surface area (Å²) in [5, 5.41) is 12.8. The molecule has 1 saturated carbocycles. The number of carbonyl (C=O) groups is 1. The number of rotatable bonds is 6. The normalized spacial score (nSPS) is 26.5. The molecule has 0 aliphatic heterocycles. The lowest BCUT2D eigenvalue weighted by molar-refractivity contribution is -0.143. The zero-order valence-electron chi connectivity index (χ0n) is 10.9. The van der Waals surface area contributed by atoms with Gasteiger partial charge in [-0.2, -0.15) is 0 Å². The highest BCUT2D eigenvalue weighted by atomic mass is 16.5. The van der Waals surface area contributed by atoms with Crippen LogP contribution in [-0.2, 0) is 9.53 Å². The van der Waals surface area contributed by atoms with Crippen LogP contribution in [0.5, 0.6) is 0 Å². The van der Waals surface area contributed by atoms with Crippen LogP contribution in [0.3, 0.4) is 0 Å². The van der Waals surface area contributed by atoms with Gasteiger partial charge in [-0.25, -0.2) is 0 Å². The van der Waals surface area contributed by atoms with Crippen LogP contribution in [0.1, 0.15) is 46.0 Å². The third-order valence-corrected chi connectivity index (χ3v) is 3.35. The molecular weight excluding hydrogens is 218 g/mol. The van der Waals surface area contributed by atoms with E-state index in [-0.39, 0.29) is 18.1 Å². The number of hydrogen-bond acceptors (Lipinski definition) is 4. The van der Waals surface area contributed by atoms with Crippen molar-refractivity contribution in [3.8, 4) is 0 Å². The molecule has 1 unspecified atom stereocenters. The van der Waals surface area contributed by atoms with Crippen LogP contribution >= 0.6 is 0 Å². The lowest BCUT2D eigenvalue weighted by Crippen LogP contribution is -2.35. The van der Waals surface area contributed by atoms with Gasteiger partial charge in [0.25, 0.3) is 0 Å². The van der Waals surface area contributed by atoms with Gasteiger partial charge >= 0.3 is 5.97 Å². The van der Waals surface area contributed by atoms with E-state index in [2.05, 4.69) is 5.32 Å². The van der Waals surface area contributed by atoms with Gasteiger partial charge in [-0.3, -0.25) is 4.79 Å². The van der Waals surface area contributed by atoms with E-state index >= 15 is 0 Å². The zero-order chi connectivity index (χ0) is 12.7. The second-order valence-electron chi connectivity index (χ2n) is 4.99. The van der Waals surface area contributed by atoms with Gasteiger partial charge in [0.15, 0.2) is 0 Å². The summed E-state index contributed by atoms with van der Waals surface area (Å²) in [6.07, 6.45) is 4.34. The van der Waals surface area contributed by atoms with E-state index in [4.69, 9.17) is 4.74 Å². The summed E-state index contributed by atoms with van der Waals surface area (Å²) in [5.74, 6) is 0.509. The topological polar surface area (TPSA) is 58.6 Å². The molecule has 1 rings (SSSR count). The molecule has 0 saturated heterocycles. The summed E-state index contributed by atoms with van der Waals surface area (Å²) in [4.78, 5) is 11.3. The Bertz CT molecular complexity index is 225. The molecule has 1 aliphatic carbocycles. The Morgan fingerprint density at radius 3 is 2.65 bits per heavy atom. The highest BCUT2D eigenvalue weighted by Gasteiger charge is 2.20. The average molecular weight is 243 g/mol. The van der Waals surface area contributed by atoms with E-state index in [0.29, 0.717) is 18.9 Å². The Balaban J connectivity index is 2.11. The maximum absolute atomic E-state index is 11.3. The van der Waals surface area contributed by atoms with Crippen LogP contribution in [0, 0.1) is 5.92 Å². The smallest absolute Gasteiger partial charge is 0.307 e. The van der Waals surface area contributed by atoms with Crippen molar-refractivity contribution in [2.24, 2.45) is 5.92 Å². The van der Waals surface area contributed by atoms with Gasteiger partial charge in [-0.15, -0.1) is 0 Å². The Kier molecular flexibility index (Phi) is 6.52. The first-order valence-corrected chi connectivity index (χ1v) is 6.68. The lowest BCUT2D eigenvalue weighted by Gasteiger charge is -2.26. The Morgan fingerprint density at radius 1 is 1.41 bits per heavy atom. The van der Waals surface area contributed by atoms with Crippen LogP contribution in [0.4, 0.5) is 0 Å². The fourth-order valence-electron chi connectivity index (χ4n) is 2.26. The maximum atomic E-state index is 11.3. The molecule has 0 spiro atoms. The molecule has 0 heterocycles. The van der Waals surface area contributed by atoms with Crippen LogP contribution in [0.15, 0.2) is 0 Å². The number of hydrogen-bond donors (Lipinski definition) is 2. The molecule has 0 aromatic heterocycles. The molecule has 2 N–H and O–H groups in total. The number of nitrogens with one attached hydrogen (secondary N) is 1. The Labute approximate surface area is 104 Å². The van der Waals surface area contributed by atoms with Gasteiger partial charge in [0.2, 0.25) is 0 Å². The highest BCUT2D eigenvalue weighted by molar-refractivity contribution is 5.69. The van der Waals surface area contributed by atoms with Crippen LogP contribution in [0.2, 0.25) is 0 Å². The van der Waals surface area contributed by atoms with Gasteiger partial charge in [0.1, 0.15) is 0 Å². The van der Waals surface area contributed by atoms with Crippen molar-refractivity contribution in [3.05, 3.63) is 0 Å². The van der Waals surface area contributed by atoms with Gasteiger partial charge in [0, 0.05) is 6.04 Å². The van der Waals surface area contributed by atoms with Crippen LogP contribution in [-0.4, -0.2) is 36.4 Å². The van der Waals surface area contributed by atoms with Gasteiger partial charge in [-0.1, -0.05) is 0 Å². The molecule has 0 amide bonds. The van der Waals surface area contributed by atoms with Crippen molar-refractivity contribution in [2.45, 2.75) is 58.1 Å². The summed E-state index contributed by atoms with van der Waals surface area (Å²) in [6, 6.07) is 0.167. The number of esters is 1. The second-order valence-corrected chi connectivity index (χ2v) is 4.99. The molecule has 0 aromatic carbocycles. The first kappa shape index (κ1) is 14.5. The molecule has 17 heavy (non-hydrogen) atoms. The summed E-state index contributed by atoms with van der Waals surface area (Å²) < 4.78 is 4.91. The third kappa shape index (κ3) is 6.03. The fraction of sp³-hybridized carbons (Fsp3) is 0.923. The fourth-order valence-corrected chi connectivity index (χ4v) is 2.26. The van der Waals surface area contributed by atoms with Crippen molar-refractivity contribution in [1.29, 1.82) is 0 Å². The van der Waals surface area contributed by atoms with E-state index < -0.39 is 0 Å². The van der Waals surface area contributed by atoms with E-state index in [1.54, 1.807) is 0 Å². The number of aliphatic hydroxyl groups excluding tert-OH is 1. The van der Waals surface area contributed by atoms with Crippen molar-refractivity contribution in [1.82, 2.24) is 5.32 Å². The number of ether oxygens (including phenoxy) is 1. The molecule has 4 heteroatoms. The van der Waals surface area contributed by atoms with E-state index in [9.17, 15) is 9.90 Å². The number of aliphatic hydroxyl groups is 1. The molecule has 4 nitrogen and oxygen atoms in total. The third-order valence-electron chi connectivity index (χ3n) is 3.35. The molecular formula is C13H25NO3. The van der Waals surface area contributed by atoms with Crippen molar-refractivity contribution < 1.29 is 14.6 Å². The molecule has 0 bridgehead atoms. The zero-order valence-corrected chi connectivity index (χ0v) is 10.9. The average Bonchev–Trinajstić information content (AvgIpc) is 2.28. The van der Waals surface area contributed by atoms with Crippen molar-refractivity contribution >= 4 is 5.97 Å². The maximum Gasteiger partial charge on any atom is 0.307 e. The monoisotopic (exact) mass is 243 g/mol. The van der Waals surface area contributed by atoms with Gasteiger partial charge < -0.3 is 15.2 Å². The minimum absolute atomic E-state index is 0.0943. The first-order valence-electron chi connectivity index (χ1n) is 6.68. The molecule has 1 aliphatic rings. The molecule has 1 fully saturated rings. The second kappa shape index (κ2) is 7.67. The van der Waals surface area contributed by atoms with Gasteiger partial charge in [-0.05, 0) is 52.0 Å². The first-order chi connectivity index (χ1) is 8.11. The Morgan fingerprint density at radius 2 is 2.06 bits per heavy atom. The van der Waals surface area contributed by atoms with Crippen molar-refractivity contribution in [3.63, 3.8) is 0 Å². The highest BCUT2D eigenvalue weighted by Crippen LogP contribution is 2.23. The Hall–Kier alpha value is -0.610. The summed E-state index contributed by atoms with van der Waals surface area (Å²) >= 11 is 0. The standard InChI is InChI=1S/C13H25NO3/c1-3-17-13(16)8-10(2)14-9-11-4-6-12(15)7-5-11/h10-12,14-15H,3-9H2,1-2H3. The quantitative estimate of drug-likeness (QED) is 0.694. The predicted molar refractivity (Wildman–Crippen MR) is 66.7 cm³/mol. The molecule has 0 aromatic rings. The largest absolute Gasteiger partial charge is 0.466 e.